The fourth-order valence-corrected chi connectivity index (χ4v) is 1.60. The van der Waals surface area contributed by atoms with Crippen molar-refractivity contribution in [3.8, 4) is 5.75 Å². The Morgan fingerprint density at radius 3 is 2.75 bits per heavy atom. The second kappa shape index (κ2) is 8.11. The Bertz CT molecular complexity index is 440. The van der Waals surface area contributed by atoms with Crippen LogP contribution in [0.4, 0.5) is 13.2 Å². The van der Waals surface area contributed by atoms with Crippen molar-refractivity contribution in [2.75, 3.05) is 26.4 Å². The zero-order valence-electron chi connectivity index (χ0n) is 10.4. The molecule has 0 saturated heterocycles. The fraction of sp³-hybridized carbons (Fsp3) is 0.417. The van der Waals surface area contributed by atoms with Crippen molar-refractivity contribution in [3.63, 3.8) is 0 Å². The highest BCUT2D eigenvalue weighted by Crippen LogP contribution is 2.17. The number of rotatable bonds is 7. The van der Waals surface area contributed by atoms with Gasteiger partial charge in [-0.1, -0.05) is 22.0 Å². The maximum Gasteiger partial charge on any atom is 0.411 e. The third-order valence-electron chi connectivity index (χ3n) is 1.99. The van der Waals surface area contributed by atoms with Crippen LogP contribution in [0, 0.1) is 0 Å². The number of ether oxygens (including phenoxy) is 2. The lowest BCUT2D eigenvalue weighted by Gasteiger charge is -2.09. The summed E-state index contributed by atoms with van der Waals surface area (Å²) in [5.41, 5.74) is 0. The lowest BCUT2D eigenvalue weighted by molar-refractivity contribution is -0.175. The first kappa shape index (κ1) is 16.8. The van der Waals surface area contributed by atoms with Crippen molar-refractivity contribution >= 4 is 21.8 Å². The van der Waals surface area contributed by atoms with Crippen LogP contribution >= 0.6 is 15.9 Å². The number of benzene rings is 1. The van der Waals surface area contributed by atoms with Crippen molar-refractivity contribution in [2.24, 2.45) is 0 Å². The van der Waals surface area contributed by atoms with Gasteiger partial charge in [-0.15, -0.1) is 0 Å². The molecule has 20 heavy (non-hydrogen) atoms. The molecule has 0 fully saturated rings. The first-order valence-corrected chi connectivity index (χ1v) is 6.46. The summed E-state index contributed by atoms with van der Waals surface area (Å²) < 4.78 is 45.7. The average Bonchev–Trinajstić information content (AvgIpc) is 2.33. The fourth-order valence-electron chi connectivity index (χ4n) is 1.23. The van der Waals surface area contributed by atoms with Crippen molar-refractivity contribution in [1.29, 1.82) is 0 Å². The van der Waals surface area contributed by atoms with Crippen LogP contribution < -0.4 is 10.1 Å². The monoisotopic (exact) mass is 355 g/mol. The number of halogens is 4. The molecule has 0 aliphatic heterocycles. The molecule has 1 aromatic carbocycles. The summed E-state index contributed by atoms with van der Waals surface area (Å²) in [5, 5.41) is 2.39. The minimum atomic E-state index is -4.43. The standard InChI is InChI=1S/C12H13BrF3NO3/c13-9-2-1-3-10(6-9)20-5-4-17-11(18)7-19-8-12(14,15)16/h1-3,6H,4-5,7-8H2,(H,17,18). The topological polar surface area (TPSA) is 47.6 Å². The Balaban J connectivity index is 2.10. The van der Waals surface area contributed by atoms with Crippen LogP contribution in [0.5, 0.6) is 5.75 Å². The van der Waals surface area contributed by atoms with E-state index in [0.29, 0.717) is 5.75 Å². The maximum absolute atomic E-state index is 11.8. The van der Waals surface area contributed by atoms with Gasteiger partial charge in [-0.25, -0.2) is 0 Å². The Hall–Kier alpha value is -1.28. The van der Waals surface area contributed by atoms with Gasteiger partial charge >= 0.3 is 6.18 Å². The van der Waals surface area contributed by atoms with E-state index < -0.39 is 25.3 Å². The molecule has 0 unspecified atom stereocenters. The van der Waals surface area contributed by atoms with E-state index in [1.165, 1.54) is 0 Å². The van der Waals surface area contributed by atoms with Crippen LogP contribution in [0.3, 0.4) is 0 Å². The van der Waals surface area contributed by atoms with Crippen LogP contribution in [0.25, 0.3) is 0 Å². The third-order valence-corrected chi connectivity index (χ3v) is 2.48. The summed E-state index contributed by atoms with van der Waals surface area (Å²) in [5.74, 6) is 0.00837. The van der Waals surface area contributed by atoms with E-state index in [1.807, 2.05) is 6.07 Å². The molecule has 8 heteroatoms. The largest absolute Gasteiger partial charge is 0.492 e. The molecule has 0 saturated carbocycles. The lowest BCUT2D eigenvalue weighted by Crippen LogP contribution is -2.32. The average molecular weight is 356 g/mol. The Morgan fingerprint density at radius 1 is 1.35 bits per heavy atom. The molecule has 1 N–H and O–H groups in total. The van der Waals surface area contributed by atoms with E-state index in [0.717, 1.165) is 4.47 Å². The Labute approximate surface area is 122 Å². The van der Waals surface area contributed by atoms with Crippen LogP contribution in [-0.2, 0) is 9.53 Å². The molecule has 112 valence electrons. The zero-order chi connectivity index (χ0) is 15.0. The third kappa shape index (κ3) is 8.00. The molecule has 0 bridgehead atoms. The first-order chi connectivity index (χ1) is 9.37. The van der Waals surface area contributed by atoms with Gasteiger partial charge in [0.2, 0.25) is 5.91 Å². The summed E-state index contributed by atoms with van der Waals surface area (Å²) in [7, 11) is 0. The van der Waals surface area contributed by atoms with Crippen LogP contribution in [0.15, 0.2) is 28.7 Å². The Kier molecular flexibility index (Phi) is 6.80. The summed E-state index contributed by atoms with van der Waals surface area (Å²) in [6.07, 6.45) is -4.43. The zero-order valence-corrected chi connectivity index (χ0v) is 12.0. The van der Waals surface area contributed by atoms with E-state index in [2.05, 4.69) is 26.0 Å². The van der Waals surface area contributed by atoms with Crippen molar-refractivity contribution in [3.05, 3.63) is 28.7 Å². The lowest BCUT2D eigenvalue weighted by atomic mass is 10.3. The second-order valence-electron chi connectivity index (χ2n) is 3.76. The number of hydrogen-bond donors (Lipinski definition) is 1. The van der Waals surface area contributed by atoms with Gasteiger partial charge in [0.15, 0.2) is 0 Å². The van der Waals surface area contributed by atoms with E-state index in [9.17, 15) is 18.0 Å². The summed E-state index contributed by atoms with van der Waals surface area (Å²) >= 11 is 3.28. The summed E-state index contributed by atoms with van der Waals surface area (Å²) in [6, 6.07) is 7.14. The molecule has 4 nitrogen and oxygen atoms in total. The highest BCUT2D eigenvalue weighted by Gasteiger charge is 2.27. The van der Waals surface area contributed by atoms with Crippen LogP contribution in [0.1, 0.15) is 0 Å². The summed E-state index contributed by atoms with van der Waals surface area (Å²) in [4.78, 5) is 11.1. The smallest absolute Gasteiger partial charge is 0.411 e. The van der Waals surface area contributed by atoms with Gasteiger partial charge in [0.25, 0.3) is 0 Å². The van der Waals surface area contributed by atoms with Gasteiger partial charge in [-0.2, -0.15) is 13.2 Å². The van der Waals surface area contributed by atoms with Crippen LogP contribution in [0.2, 0.25) is 0 Å². The SMILES string of the molecule is O=C(COCC(F)(F)F)NCCOc1cccc(Br)c1. The van der Waals surface area contributed by atoms with Gasteiger partial charge in [0, 0.05) is 4.47 Å². The Morgan fingerprint density at radius 2 is 2.10 bits per heavy atom. The predicted molar refractivity (Wildman–Crippen MR) is 69.5 cm³/mol. The van der Waals surface area contributed by atoms with E-state index in [-0.39, 0.29) is 13.2 Å². The number of alkyl halides is 3. The van der Waals surface area contributed by atoms with Crippen molar-refractivity contribution < 1.29 is 27.4 Å². The van der Waals surface area contributed by atoms with Gasteiger partial charge in [0.05, 0.1) is 6.54 Å². The van der Waals surface area contributed by atoms with E-state index >= 15 is 0 Å². The summed E-state index contributed by atoms with van der Waals surface area (Å²) in [6.45, 7) is -1.67. The van der Waals surface area contributed by atoms with Gasteiger partial charge in [-0.3, -0.25) is 4.79 Å². The molecule has 0 atom stereocenters. The molecule has 1 aromatic rings. The molecule has 0 radical (unpaired) electrons. The highest BCUT2D eigenvalue weighted by molar-refractivity contribution is 9.10. The first-order valence-electron chi connectivity index (χ1n) is 5.66. The highest BCUT2D eigenvalue weighted by atomic mass is 79.9. The molecule has 0 aliphatic carbocycles. The number of hydrogen-bond acceptors (Lipinski definition) is 3. The molecule has 0 heterocycles. The molecule has 0 aromatic heterocycles. The van der Waals surface area contributed by atoms with Crippen molar-refractivity contribution in [2.45, 2.75) is 6.18 Å². The minimum Gasteiger partial charge on any atom is -0.492 e. The normalized spacial score (nSPS) is 11.2. The van der Waals surface area contributed by atoms with Crippen LogP contribution in [-0.4, -0.2) is 38.4 Å². The molecule has 1 amide bonds. The second-order valence-corrected chi connectivity index (χ2v) is 4.68. The number of amides is 1. The quantitative estimate of drug-likeness (QED) is 0.764. The molecule has 0 aliphatic rings. The van der Waals surface area contributed by atoms with Gasteiger partial charge in [-0.05, 0) is 18.2 Å². The molecule has 1 rings (SSSR count). The van der Waals surface area contributed by atoms with Gasteiger partial charge < -0.3 is 14.8 Å². The molecule has 0 spiro atoms. The number of carbonyl (C=O) groups excluding carboxylic acids is 1. The maximum atomic E-state index is 11.8. The van der Waals surface area contributed by atoms with Gasteiger partial charge in [0.1, 0.15) is 25.6 Å². The number of carbonyl (C=O) groups is 1. The predicted octanol–water partition coefficient (Wildman–Crippen LogP) is 2.52. The van der Waals surface area contributed by atoms with E-state index in [4.69, 9.17) is 4.74 Å². The van der Waals surface area contributed by atoms with Crippen molar-refractivity contribution in [1.82, 2.24) is 5.32 Å². The molecular formula is C12H13BrF3NO3. The van der Waals surface area contributed by atoms with E-state index in [1.54, 1.807) is 18.2 Å². The minimum absolute atomic E-state index is 0.181. The molecular weight excluding hydrogens is 343 g/mol. The number of nitrogens with one attached hydrogen (secondary N) is 1.